The highest BCUT2D eigenvalue weighted by Crippen LogP contribution is 2.21. The maximum Gasteiger partial charge on any atom is 0.251 e. The first-order valence-electron chi connectivity index (χ1n) is 10.00. The van der Waals surface area contributed by atoms with Crippen LogP contribution in [0.1, 0.15) is 41.3 Å². The second-order valence-electron chi connectivity index (χ2n) is 7.57. The minimum Gasteiger partial charge on any atom is -0.349 e. The van der Waals surface area contributed by atoms with Gasteiger partial charge in [-0.1, -0.05) is 29.8 Å². The van der Waals surface area contributed by atoms with Crippen LogP contribution in [0.3, 0.4) is 0 Å². The van der Waals surface area contributed by atoms with E-state index in [9.17, 15) is 9.59 Å². The minimum atomic E-state index is -0.313. The number of likely N-dealkylation sites (tertiary alicyclic amines) is 1. The van der Waals surface area contributed by atoms with Gasteiger partial charge in [0.15, 0.2) is 0 Å². The molecule has 1 saturated heterocycles. The number of rotatable bonds is 5. The van der Waals surface area contributed by atoms with Crippen molar-refractivity contribution in [3.63, 3.8) is 0 Å². The molecule has 0 saturated carbocycles. The fourth-order valence-electron chi connectivity index (χ4n) is 3.62. The summed E-state index contributed by atoms with van der Waals surface area (Å²) in [6, 6.07) is 14.2. The Morgan fingerprint density at radius 1 is 1.20 bits per heavy atom. The van der Waals surface area contributed by atoms with E-state index >= 15 is 0 Å². The number of nitrogens with one attached hydrogen (secondary N) is 2. The lowest BCUT2D eigenvalue weighted by Gasteiger charge is -2.35. The molecule has 0 aromatic heterocycles. The van der Waals surface area contributed by atoms with Crippen LogP contribution in [0, 0.1) is 18.3 Å². The summed E-state index contributed by atoms with van der Waals surface area (Å²) in [5.41, 5.74) is 2.60. The molecule has 3 rings (SSSR count). The smallest absolute Gasteiger partial charge is 0.251 e. The monoisotopic (exact) mass is 424 g/mol. The number of amides is 2. The van der Waals surface area contributed by atoms with Gasteiger partial charge in [-0.15, -0.1) is 0 Å². The molecule has 30 heavy (non-hydrogen) atoms. The largest absolute Gasteiger partial charge is 0.349 e. The van der Waals surface area contributed by atoms with Crippen LogP contribution >= 0.6 is 11.6 Å². The molecule has 1 heterocycles. The van der Waals surface area contributed by atoms with Gasteiger partial charge >= 0.3 is 0 Å². The Bertz CT molecular complexity index is 977. The van der Waals surface area contributed by atoms with E-state index < -0.39 is 0 Å². The van der Waals surface area contributed by atoms with Crippen molar-refractivity contribution in [2.24, 2.45) is 0 Å². The molecule has 2 aromatic rings. The Balaban J connectivity index is 1.51. The van der Waals surface area contributed by atoms with Crippen molar-refractivity contribution in [3.8, 4) is 6.07 Å². The van der Waals surface area contributed by atoms with Gasteiger partial charge in [0.25, 0.3) is 5.91 Å². The zero-order valence-corrected chi connectivity index (χ0v) is 17.9. The molecular weight excluding hydrogens is 400 g/mol. The molecule has 156 valence electrons. The minimum absolute atomic E-state index is 0.0463. The Morgan fingerprint density at radius 2 is 1.90 bits per heavy atom. The highest BCUT2D eigenvalue weighted by atomic mass is 35.5. The van der Waals surface area contributed by atoms with Crippen molar-refractivity contribution in [1.82, 2.24) is 10.2 Å². The lowest BCUT2D eigenvalue weighted by Crippen LogP contribution is -2.50. The number of halogens is 1. The van der Waals surface area contributed by atoms with Gasteiger partial charge in [-0.3, -0.25) is 14.5 Å². The van der Waals surface area contributed by atoms with Crippen molar-refractivity contribution in [1.29, 1.82) is 5.26 Å². The van der Waals surface area contributed by atoms with Crippen LogP contribution in [0.2, 0.25) is 5.02 Å². The molecule has 7 heteroatoms. The lowest BCUT2D eigenvalue weighted by molar-refractivity contribution is -0.121. The highest BCUT2D eigenvalue weighted by Gasteiger charge is 2.27. The molecule has 2 aromatic carbocycles. The van der Waals surface area contributed by atoms with Gasteiger partial charge in [-0.2, -0.15) is 5.26 Å². The molecule has 0 spiro atoms. The molecule has 1 unspecified atom stereocenters. The first-order valence-corrected chi connectivity index (χ1v) is 10.4. The molecule has 1 aliphatic rings. The molecule has 0 aliphatic carbocycles. The van der Waals surface area contributed by atoms with Gasteiger partial charge in [-0.25, -0.2) is 0 Å². The van der Waals surface area contributed by atoms with Gasteiger partial charge in [0.05, 0.1) is 16.6 Å². The first-order chi connectivity index (χ1) is 14.4. The quantitative estimate of drug-likeness (QED) is 0.765. The Hall–Kier alpha value is -2.88. The zero-order valence-electron chi connectivity index (χ0n) is 17.1. The Labute approximate surface area is 181 Å². The maximum atomic E-state index is 12.6. The standard InChI is InChI=1S/C23H25ClN4O2/c1-15-5-3-4-6-20(15)23(30)26-18-9-11-28(12-10-18)16(2)22(29)27-19-8-7-17(14-25)21(24)13-19/h3-8,13,16,18H,9-12H2,1-2H3,(H,26,30)(H,27,29). The SMILES string of the molecule is Cc1ccccc1C(=O)NC1CCN(C(C)C(=O)Nc2ccc(C#N)c(Cl)c2)CC1. The van der Waals surface area contributed by atoms with Gasteiger partial charge in [0, 0.05) is 30.4 Å². The van der Waals surface area contributed by atoms with Crippen LogP contribution in [0.4, 0.5) is 5.69 Å². The first kappa shape index (κ1) is 21.8. The lowest BCUT2D eigenvalue weighted by atomic mass is 10.0. The number of piperidine rings is 1. The van der Waals surface area contributed by atoms with Gasteiger partial charge in [0.1, 0.15) is 6.07 Å². The molecular formula is C23H25ClN4O2. The van der Waals surface area contributed by atoms with E-state index in [1.807, 2.05) is 44.2 Å². The summed E-state index contributed by atoms with van der Waals surface area (Å²) in [6.45, 7) is 5.24. The predicted molar refractivity (Wildman–Crippen MR) is 117 cm³/mol. The van der Waals surface area contributed by atoms with Crippen molar-refractivity contribution in [2.45, 2.75) is 38.8 Å². The third kappa shape index (κ3) is 5.18. The van der Waals surface area contributed by atoms with Gasteiger partial charge < -0.3 is 10.6 Å². The van der Waals surface area contributed by atoms with Crippen molar-refractivity contribution >= 4 is 29.1 Å². The maximum absolute atomic E-state index is 12.6. The third-order valence-electron chi connectivity index (χ3n) is 5.54. The third-order valence-corrected chi connectivity index (χ3v) is 5.85. The normalized spacial score (nSPS) is 15.8. The van der Waals surface area contributed by atoms with Crippen LogP contribution in [-0.2, 0) is 4.79 Å². The number of hydrogen-bond acceptors (Lipinski definition) is 4. The molecule has 0 bridgehead atoms. The van der Waals surface area contributed by atoms with Crippen molar-refractivity contribution < 1.29 is 9.59 Å². The Kier molecular flexibility index (Phi) is 7.09. The summed E-state index contributed by atoms with van der Waals surface area (Å²) < 4.78 is 0. The van der Waals surface area contributed by atoms with E-state index in [1.54, 1.807) is 18.2 Å². The summed E-state index contributed by atoms with van der Waals surface area (Å²) in [5, 5.41) is 15.2. The molecule has 2 N–H and O–H groups in total. The molecule has 1 fully saturated rings. The zero-order chi connectivity index (χ0) is 21.7. The van der Waals surface area contributed by atoms with E-state index in [2.05, 4.69) is 15.5 Å². The van der Waals surface area contributed by atoms with Gasteiger partial charge in [-0.05, 0) is 56.5 Å². The average molecular weight is 425 g/mol. The van der Waals surface area contributed by atoms with E-state index in [1.165, 1.54) is 0 Å². The van der Waals surface area contributed by atoms with E-state index in [0.717, 1.165) is 31.5 Å². The summed E-state index contributed by atoms with van der Waals surface area (Å²) in [5.74, 6) is -0.173. The second kappa shape index (κ2) is 9.75. The fraction of sp³-hybridized carbons (Fsp3) is 0.348. The average Bonchev–Trinajstić information content (AvgIpc) is 2.74. The van der Waals surface area contributed by atoms with Crippen LogP contribution in [0.25, 0.3) is 0 Å². The second-order valence-corrected chi connectivity index (χ2v) is 7.98. The topological polar surface area (TPSA) is 85.2 Å². The predicted octanol–water partition coefficient (Wildman–Crippen LogP) is 3.74. The van der Waals surface area contributed by atoms with E-state index in [0.29, 0.717) is 21.8 Å². The summed E-state index contributed by atoms with van der Waals surface area (Å²) >= 11 is 6.03. The number of anilines is 1. The van der Waals surface area contributed by atoms with Gasteiger partial charge in [0.2, 0.25) is 5.91 Å². The van der Waals surface area contributed by atoms with Crippen LogP contribution in [0.15, 0.2) is 42.5 Å². The summed E-state index contributed by atoms with van der Waals surface area (Å²) in [7, 11) is 0. The molecule has 6 nitrogen and oxygen atoms in total. The number of nitrogens with zero attached hydrogens (tertiary/aromatic N) is 2. The number of aryl methyl sites for hydroxylation is 1. The van der Waals surface area contributed by atoms with Crippen LogP contribution in [-0.4, -0.2) is 41.9 Å². The summed E-state index contributed by atoms with van der Waals surface area (Å²) in [4.78, 5) is 27.3. The number of carbonyl (C=O) groups excluding carboxylic acids is 2. The Morgan fingerprint density at radius 3 is 2.53 bits per heavy atom. The number of benzene rings is 2. The molecule has 2 amide bonds. The number of carbonyl (C=O) groups is 2. The van der Waals surface area contributed by atoms with Crippen LogP contribution in [0.5, 0.6) is 0 Å². The van der Waals surface area contributed by atoms with Crippen molar-refractivity contribution in [3.05, 3.63) is 64.2 Å². The highest BCUT2D eigenvalue weighted by molar-refractivity contribution is 6.32. The van der Waals surface area contributed by atoms with E-state index in [4.69, 9.17) is 16.9 Å². The number of nitriles is 1. The van der Waals surface area contributed by atoms with Crippen LogP contribution < -0.4 is 10.6 Å². The fourth-order valence-corrected chi connectivity index (χ4v) is 3.84. The summed E-state index contributed by atoms with van der Waals surface area (Å²) in [6.07, 6.45) is 1.58. The molecule has 0 radical (unpaired) electrons. The molecule has 1 atom stereocenters. The van der Waals surface area contributed by atoms with E-state index in [-0.39, 0.29) is 23.9 Å². The molecule has 1 aliphatic heterocycles. The number of hydrogen-bond donors (Lipinski definition) is 2. The van der Waals surface area contributed by atoms with Crippen molar-refractivity contribution in [2.75, 3.05) is 18.4 Å².